The van der Waals surface area contributed by atoms with Crippen LogP contribution in [0.4, 0.5) is 0 Å². The summed E-state index contributed by atoms with van der Waals surface area (Å²) in [6.45, 7) is 8.56. The smallest absolute Gasteiger partial charge is 0.249 e. The Morgan fingerprint density at radius 3 is 2.54 bits per heavy atom. The van der Waals surface area contributed by atoms with E-state index in [9.17, 15) is 24.4 Å². The molecule has 3 saturated carbocycles. The van der Waals surface area contributed by atoms with E-state index in [2.05, 4.69) is 36.8 Å². The number of amides is 1. The highest BCUT2D eigenvalue weighted by atomic mass is 16.2. The van der Waals surface area contributed by atoms with Gasteiger partial charge < -0.3 is 5.73 Å². The average Bonchev–Trinajstić information content (AvgIpc) is 3.53. The molecule has 5 aliphatic rings. The number of carbonyl (C=O) groups excluding carboxylic acids is 4. The lowest BCUT2D eigenvalue weighted by Crippen LogP contribution is -2.60. The molecule has 2 N–H and O–H groups in total. The maximum atomic E-state index is 14.7. The van der Waals surface area contributed by atoms with Crippen LogP contribution < -0.4 is 5.73 Å². The molecule has 7 rings (SSSR count). The molecule has 9 atom stereocenters. The van der Waals surface area contributed by atoms with E-state index in [0.29, 0.717) is 30.0 Å². The summed E-state index contributed by atoms with van der Waals surface area (Å²) in [6, 6.07) is 3.69. The minimum atomic E-state index is -0.703. The molecule has 0 spiro atoms. The summed E-state index contributed by atoms with van der Waals surface area (Å²) >= 11 is 0. The van der Waals surface area contributed by atoms with Crippen LogP contribution in [0.25, 0.3) is 11.3 Å². The van der Waals surface area contributed by atoms with Crippen molar-refractivity contribution in [3.8, 4) is 17.3 Å². The summed E-state index contributed by atoms with van der Waals surface area (Å²) in [7, 11) is 0. The number of fused-ring (bicyclic) bond motifs is 7. The van der Waals surface area contributed by atoms with Gasteiger partial charge in [0, 0.05) is 41.4 Å². The lowest BCUT2D eigenvalue weighted by Gasteiger charge is -2.63. The van der Waals surface area contributed by atoms with E-state index in [1.165, 1.54) is 18.7 Å². The molecule has 2 aromatic heterocycles. The Hall–Kier alpha value is -4.19. The lowest BCUT2D eigenvalue weighted by molar-refractivity contribution is -0.139. The van der Waals surface area contributed by atoms with Gasteiger partial charge in [-0.3, -0.25) is 28.7 Å². The summed E-state index contributed by atoms with van der Waals surface area (Å²) in [4.78, 5) is 62.8. The van der Waals surface area contributed by atoms with Crippen LogP contribution in [0.3, 0.4) is 0 Å². The molecule has 0 aromatic carbocycles. The zero-order valence-corrected chi connectivity index (χ0v) is 27.0. The molecule has 0 aliphatic heterocycles. The van der Waals surface area contributed by atoms with Gasteiger partial charge in [0.15, 0.2) is 11.6 Å². The van der Waals surface area contributed by atoms with Crippen LogP contribution in [-0.4, -0.2) is 37.9 Å². The number of nitrogens with zero attached hydrogens (tertiary/aromatic N) is 4. The van der Waals surface area contributed by atoms with E-state index in [-0.39, 0.29) is 63.6 Å². The van der Waals surface area contributed by atoms with Crippen molar-refractivity contribution in [1.82, 2.24) is 14.5 Å². The van der Waals surface area contributed by atoms with Gasteiger partial charge >= 0.3 is 0 Å². The van der Waals surface area contributed by atoms with Crippen molar-refractivity contribution >= 4 is 23.4 Å². The van der Waals surface area contributed by atoms with E-state index >= 15 is 0 Å². The van der Waals surface area contributed by atoms with Crippen molar-refractivity contribution in [2.24, 2.45) is 57.5 Å². The van der Waals surface area contributed by atoms with Gasteiger partial charge in [-0.05, 0) is 86.2 Å². The van der Waals surface area contributed by atoms with Crippen molar-refractivity contribution in [1.29, 1.82) is 5.26 Å². The first-order valence-corrected chi connectivity index (χ1v) is 16.6. The fourth-order valence-electron chi connectivity index (χ4n) is 10.8. The Balaban J connectivity index is 1.28. The standard InChI is InChI=1S/C37H41N5O4/c1-20-5-10-37(34(46)42-18-28(41-19-42)24-17-40-12-8-23(24)33(39)45)11-7-26-31(27(37)13-20)29(43)14-30-35(26,3)9-6-25-21(2)32(44)22(16-38)15-36(25,30)4/h8,12,14-15,17-21,25-27,31H,5-7,9-11,13H2,1-4H3,(H2,39,45). The molecule has 2 heterocycles. The number of allylic oxidation sites excluding steroid dienone is 4. The number of ketones is 2. The van der Waals surface area contributed by atoms with Gasteiger partial charge in [0.25, 0.3) is 0 Å². The Kier molecular flexibility index (Phi) is 6.90. The van der Waals surface area contributed by atoms with Crippen molar-refractivity contribution < 1.29 is 19.2 Å². The molecule has 3 fully saturated rings. The topological polar surface area (TPSA) is 149 Å². The number of carbonyl (C=O) groups is 4. The number of primary amides is 1. The van der Waals surface area contributed by atoms with E-state index in [1.54, 1.807) is 16.8 Å². The molecule has 238 valence electrons. The van der Waals surface area contributed by atoms with E-state index in [1.807, 2.05) is 19.1 Å². The summed E-state index contributed by atoms with van der Waals surface area (Å²) in [5, 5.41) is 9.83. The van der Waals surface area contributed by atoms with Gasteiger partial charge in [0.05, 0.1) is 22.2 Å². The Morgan fingerprint density at radius 2 is 1.80 bits per heavy atom. The van der Waals surface area contributed by atoms with Crippen molar-refractivity contribution in [3.05, 3.63) is 59.8 Å². The normalized spacial score (nSPS) is 38.2. The third-order valence-electron chi connectivity index (χ3n) is 13.0. The summed E-state index contributed by atoms with van der Waals surface area (Å²) in [5.41, 5.74) is 6.56. The summed E-state index contributed by atoms with van der Waals surface area (Å²) < 4.78 is 1.55. The first-order valence-electron chi connectivity index (χ1n) is 16.6. The zero-order chi connectivity index (χ0) is 32.8. The summed E-state index contributed by atoms with van der Waals surface area (Å²) in [6.07, 6.45) is 15.5. The number of hydrogen-bond acceptors (Lipinski definition) is 7. The molecule has 46 heavy (non-hydrogen) atoms. The van der Waals surface area contributed by atoms with Crippen molar-refractivity contribution in [2.75, 3.05) is 0 Å². The van der Waals surface area contributed by atoms with Crippen LogP contribution in [0.5, 0.6) is 0 Å². The second-order valence-electron chi connectivity index (χ2n) is 15.2. The van der Waals surface area contributed by atoms with Crippen LogP contribution in [-0.2, 0) is 9.59 Å². The highest BCUT2D eigenvalue weighted by molar-refractivity contribution is 6.03. The van der Waals surface area contributed by atoms with Gasteiger partial charge in [-0.25, -0.2) is 4.98 Å². The second kappa shape index (κ2) is 10.4. The highest BCUT2D eigenvalue weighted by Crippen LogP contribution is 2.69. The third-order valence-corrected chi connectivity index (χ3v) is 13.0. The first kappa shape index (κ1) is 30.5. The van der Waals surface area contributed by atoms with Gasteiger partial charge in [0.2, 0.25) is 11.8 Å². The number of Topliss-reactive ketones (excluding diaryl/α,β-unsaturated/α-hetero) is 1. The van der Waals surface area contributed by atoms with E-state index < -0.39 is 16.7 Å². The largest absolute Gasteiger partial charge is 0.366 e. The molecule has 1 amide bonds. The number of aromatic nitrogens is 3. The fourth-order valence-corrected chi connectivity index (χ4v) is 10.8. The van der Waals surface area contributed by atoms with Gasteiger partial charge in [0.1, 0.15) is 12.4 Å². The van der Waals surface area contributed by atoms with Gasteiger partial charge in [-0.1, -0.05) is 39.3 Å². The summed E-state index contributed by atoms with van der Waals surface area (Å²) in [5.74, 6) is -0.801. The molecule has 0 radical (unpaired) electrons. The number of nitrogens with two attached hydrogens (primary N) is 1. The quantitative estimate of drug-likeness (QED) is 0.461. The minimum Gasteiger partial charge on any atom is -0.366 e. The molecule has 9 nitrogen and oxygen atoms in total. The second-order valence-corrected chi connectivity index (χ2v) is 15.2. The Morgan fingerprint density at radius 1 is 1.07 bits per heavy atom. The molecule has 5 aliphatic carbocycles. The van der Waals surface area contributed by atoms with E-state index in [0.717, 1.165) is 37.7 Å². The predicted molar refractivity (Wildman–Crippen MR) is 170 cm³/mol. The van der Waals surface area contributed by atoms with Crippen LogP contribution in [0, 0.1) is 63.1 Å². The van der Waals surface area contributed by atoms with Gasteiger partial charge in [-0.2, -0.15) is 5.26 Å². The Labute approximate surface area is 269 Å². The molecule has 0 bridgehead atoms. The SMILES string of the molecule is CC1CCC2(C(=O)n3cnc(-c4cnccc4C(N)=O)c3)CCC3C(C(=O)C=C4C5(C)C=C(C#N)C(=O)C(C)C5CCC43C)C2C1. The maximum Gasteiger partial charge on any atom is 0.249 e. The van der Waals surface area contributed by atoms with Crippen molar-refractivity contribution in [2.45, 2.75) is 72.6 Å². The predicted octanol–water partition coefficient (Wildman–Crippen LogP) is 5.73. The number of pyridine rings is 1. The highest BCUT2D eigenvalue weighted by Gasteiger charge is 2.65. The fraction of sp³-hybridized carbons (Fsp3) is 0.541. The third kappa shape index (κ3) is 4.11. The minimum absolute atomic E-state index is 0.0456. The first-order chi connectivity index (χ1) is 21.9. The molecular formula is C37H41N5O4. The molecule has 9 heteroatoms. The monoisotopic (exact) mass is 619 g/mol. The Bertz CT molecular complexity index is 1800. The van der Waals surface area contributed by atoms with Gasteiger partial charge in [-0.15, -0.1) is 0 Å². The number of nitriles is 1. The van der Waals surface area contributed by atoms with Crippen molar-refractivity contribution in [3.63, 3.8) is 0 Å². The molecule has 2 aromatic rings. The van der Waals surface area contributed by atoms with Crippen LogP contribution in [0.2, 0.25) is 0 Å². The molecule has 9 unspecified atom stereocenters. The lowest BCUT2D eigenvalue weighted by atomic mass is 9.40. The average molecular weight is 620 g/mol. The van der Waals surface area contributed by atoms with Crippen LogP contribution in [0.15, 0.2) is 54.3 Å². The number of hydrogen-bond donors (Lipinski definition) is 1. The van der Waals surface area contributed by atoms with Crippen LogP contribution >= 0.6 is 0 Å². The number of imidazole rings is 1. The zero-order valence-electron chi connectivity index (χ0n) is 27.0. The number of rotatable bonds is 3. The van der Waals surface area contributed by atoms with Crippen LogP contribution in [0.1, 0.15) is 87.8 Å². The molecule has 0 saturated heterocycles. The maximum absolute atomic E-state index is 14.7. The van der Waals surface area contributed by atoms with E-state index in [4.69, 9.17) is 5.73 Å². The molecular weight excluding hydrogens is 578 g/mol.